The molecule has 5 nitrogen and oxygen atoms in total. The van der Waals surface area contributed by atoms with E-state index in [0.717, 1.165) is 5.56 Å². The van der Waals surface area contributed by atoms with Crippen molar-refractivity contribution in [3.05, 3.63) is 47.3 Å². The highest BCUT2D eigenvalue weighted by atomic mass is 16.4. The molecule has 0 aliphatic carbocycles. The van der Waals surface area contributed by atoms with Crippen molar-refractivity contribution in [3.8, 4) is 0 Å². The van der Waals surface area contributed by atoms with E-state index in [2.05, 4.69) is 0 Å². The van der Waals surface area contributed by atoms with Crippen LogP contribution < -0.4 is 5.73 Å². The Labute approximate surface area is 98.1 Å². The molecular weight excluding hydrogens is 220 g/mol. The van der Waals surface area contributed by atoms with Crippen molar-refractivity contribution in [2.45, 2.75) is 13.0 Å². The molecule has 1 aromatic carbocycles. The van der Waals surface area contributed by atoms with Crippen LogP contribution in [0.3, 0.4) is 0 Å². The number of rotatable bonds is 3. The molecule has 88 valence electrons. The van der Waals surface area contributed by atoms with E-state index < -0.39 is 5.97 Å². The summed E-state index contributed by atoms with van der Waals surface area (Å²) in [6.07, 6.45) is -0.131. The van der Waals surface area contributed by atoms with Crippen LogP contribution in [0.25, 0.3) is 0 Å². The molecule has 0 bridgehead atoms. The molecule has 2 rings (SSSR count). The van der Waals surface area contributed by atoms with Gasteiger partial charge in [0, 0.05) is 0 Å². The van der Waals surface area contributed by atoms with E-state index >= 15 is 0 Å². The van der Waals surface area contributed by atoms with Gasteiger partial charge in [-0.2, -0.15) is 0 Å². The van der Waals surface area contributed by atoms with Crippen molar-refractivity contribution in [2.24, 2.45) is 5.73 Å². The average molecular weight is 232 g/mol. The highest BCUT2D eigenvalue weighted by Gasteiger charge is 2.31. The highest BCUT2D eigenvalue weighted by Crippen LogP contribution is 2.22. The van der Waals surface area contributed by atoms with Crippen LogP contribution in [0.4, 0.5) is 0 Å². The Morgan fingerprint density at radius 3 is 2.53 bits per heavy atom. The van der Waals surface area contributed by atoms with Gasteiger partial charge in [-0.3, -0.25) is 9.69 Å². The van der Waals surface area contributed by atoms with Gasteiger partial charge in [0.2, 0.25) is 5.91 Å². The quantitative estimate of drug-likeness (QED) is 0.802. The Morgan fingerprint density at radius 2 is 2.00 bits per heavy atom. The van der Waals surface area contributed by atoms with Gasteiger partial charge in [-0.25, -0.2) is 4.79 Å². The summed E-state index contributed by atoms with van der Waals surface area (Å²) in [6, 6.07) is 9.30. The van der Waals surface area contributed by atoms with Crippen LogP contribution in [0.5, 0.6) is 0 Å². The number of hydrogen-bond acceptors (Lipinski definition) is 3. The van der Waals surface area contributed by atoms with Gasteiger partial charge in [-0.1, -0.05) is 30.3 Å². The lowest BCUT2D eigenvalue weighted by molar-refractivity contribution is -0.134. The average Bonchev–Trinajstić information content (AvgIpc) is 2.58. The monoisotopic (exact) mass is 232 g/mol. The third kappa shape index (κ3) is 2.13. The molecule has 1 aliphatic heterocycles. The number of nitrogens with zero attached hydrogens (tertiary/aromatic N) is 1. The topological polar surface area (TPSA) is 83.6 Å². The molecular formula is C12H12N2O3. The number of hydrogen-bond donors (Lipinski definition) is 2. The minimum atomic E-state index is -1.13. The molecule has 5 heteroatoms. The van der Waals surface area contributed by atoms with Crippen molar-refractivity contribution in [2.75, 3.05) is 0 Å². The molecule has 0 saturated heterocycles. The van der Waals surface area contributed by atoms with Crippen LogP contribution in [0, 0.1) is 0 Å². The SMILES string of the molecule is NC1=C(C(=O)O)CC(=O)N1Cc1ccccc1. The highest BCUT2D eigenvalue weighted by molar-refractivity contribution is 5.98. The number of aliphatic carboxylic acids is 1. The number of benzene rings is 1. The summed E-state index contributed by atoms with van der Waals surface area (Å²) in [4.78, 5) is 23.8. The molecule has 1 heterocycles. The maximum Gasteiger partial charge on any atom is 0.335 e. The Bertz CT molecular complexity index is 494. The van der Waals surface area contributed by atoms with E-state index in [4.69, 9.17) is 10.8 Å². The maximum absolute atomic E-state index is 11.6. The Balaban J connectivity index is 2.22. The Hall–Kier alpha value is -2.30. The van der Waals surface area contributed by atoms with E-state index in [1.165, 1.54) is 4.90 Å². The van der Waals surface area contributed by atoms with Crippen molar-refractivity contribution in [1.82, 2.24) is 4.90 Å². The second-order valence-electron chi connectivity index (χ2n) is 3.81. The predicted molar refractivity (Wildman–Crippen MR) is 60.5 cm³/mol. The van der Waals surface area contributed by atoms with Crippen molar-refractivity contribution >= 4 is 11.9 Å². The van der Waals surface area contributed by atoms with E-state index in [1.54, 1.807) is 0 Å². The molecule has 0 aromatic heterocycles. The number of carbonyl (C=O) groups is 2. The lowest BCUT2D eigenvalue weighted by atomic mass is 10.2. The Kier molecular flexibility index (Phi) is 2.82. The second kappa shape index (κ2) is 4.29. The maximum atomic E-state index is 11.6. The standard InChI is InChI=1S/C12H12N2O3/c13-11-9(12(16)17)6-10(15)14(11)7-8-4-2-1-3-5-8/h1-5H,6-7,13H2,(H,16,17). The molecule has 1 aliphatic rings. The minimum Gasteiger partial charge on any atom is -0.478 e. The number of carbonyl (C=O) groups excluding carboxylic acids is 1. The molecule has 0 radical (unpaired) electrons. The molecule has 3 N–H and O–H groups in total. The van der Waals surface area contributed by atoms with Crippen LogP contribution >= 0.6 is 0 Å². The largest absolute Gasteiger partial charge is 0.478 e. The minimum absolute atomic E-state index is 0.0223. The first-order valence-electron chi connectivity index (χ1n) is 5.16. The van der Waals surface area contributed by atoms with Crippen molar-refractivity contribution < 1.29 is 14.7 Å². The molecule has 17 heavy (non-hydrogen) atoms. The van der Waals surface area contributed by atoms with Gasteiger partial charge in [0.05, 0.1) is 18.5 Å². The van der Waals surface area contributed by atoms with Crippen molar-refractivity contribution in [1.29, 1.82) is 0 Å². The van der Waals surface area contributed by atoms with Crippen LogP contribution in [0.1, 0.15) is 12.0 Å². The van der Waals surface area contributed by atoms with Crippen molar-refractivity contribution in [3.63, 3.8) is 0 Å². The third-order valence-electron chi connectivity index (χ3n) is 2.67. The normalized spacial score (nSPS) is 15.5. The summed E-state index contributed by atoms with van der Waals surface area (Å²) in [5.41, 5.74) is 6.56. The summed E-state index contributed by atoms with van der Waals surface area (Å²) in [6.45, 7) is 0.308. The summed E-state index contributed by atoms with van der Waals surface area (Å²) in [5, 5.41) is 8.87. The molecule has 1 amide bonds. The first-order valence-corrected chi connectivity index (χ1v) is 5.16. The predicted octanol–water partition coefficient (Wildman–Crippen LogP) is 0.674. The summed E-state index contributed by atoms with van der Waals surface area (Å²) < 4.78 is 0. The van der Waals surface area contributed by atoms with Crippen LogP contribution in [0.2, 0.25) is 0 Å². The molecule has 0 unspecified atom stereocenters. The number of carboxylic acid groups (broad SMARTS) is 1. The number of amides is 1. The van der Waals surface area contributed by atoms with E-state index in [1.807, 2.05) is 30.3 Å². The van der Waals surface area contributed by atoms with Gasteiger partial charge >= 0.3 is 5.97 Å². The third-order valence-corrected chi connectivity index (χ3v) is 2.67. The first kappa shape index (κ1) is 11.2. The lowest BCUT2D eigenvalue weighted by Gasteiger charge is -2.17. The van der Waals surface area contributed by atoms with Gasteiger partial charge in [0.15, 0.2) is 0 Å². The van der Waals surface area contributed by atoms with E-state index in [0.29, 0.717) is 6.54 Å². The summed E-state index contributed by atoms with van der Waals surface area (Å²) in [7, 11) is 0. The zero-order chi connectivity index (χ0) is 12.4. The van der Waals surface area contributed by atoms with Gasteiger partial charge in [-0.15, -0.1) is 0 Å². The zero-order valence-electron chi connectivity index (χ0n) is 9.09. The summed E-state index contributed by atoms with van der Waals surface area (Å²) in [5.74, 6) is -1.36. The lowest BCUT2D eigenvalue weighted by Crippen LogP contribution is -2.28. The smallest absolute Gasteiger partial charge is 0.335 e. The molecule has 1 aromatic rings. The van der Waals surface area contributed by atoms with Crippen LogP contribution in [0.15, 0.2) is 41.7 Å². The fraction of sp³-hybridized carbons (Fsp3) is 0.167. The van der Waals surface area contributed by atoms with Gasteiger partial charge in [0.25, 0.3) is 0 Å². The van der Waals surface area contributed by atoms with E-state index in [9.17, 15) is 9.59 Å². The Morgan fingerprint density at radius 1 is 1.35 bits per heavy atom. The molecule has 0 spiro atoms. The van der Waals surface area contributed by atoms with Gasteiger partial charge in [0.1, 0.15) is 5.82 Å². The summed E-state index contributed by atoms with van der Waals surface area (Å²) >= 11 is 0. The van der Waals surface area contributed by atoms with Gasteiger partial charge < -0.3 is 10.8 Å². The number of carboxylic acids is 1. The zero-order valence-corrected chi connectivity index (χ0v) is 9.09. The van der Waals surface area contributed by atoms with Crippen LogP contribution in [-0.2, 0) is 16.1 Å². The molecule has 0 atom stereocenters. The first-order chi connectivity index (χ1) is 8.09. The molecule has 0 saturated carbocycles. The fourth-order valence-corrected chi connectivity index (χ4v) is 1.76. The fourth-order valence-electron chi connectivity index (χ4n) is 1.76. The van der Waals surface area contributed by atoms with Gasteiger partial charge in [-0.05, 0) is 5.56 Å². The molecule has 0 fully saturated rings. The second-order valence-corrected chi connectivity index (χ2v) is 3.81. The van der Waals surface area contributed by atoms with Crippen LogP contribution in [-0.4, -0.2) is 21.9 Å². The number of nitrogens with two attached hydrogens (primary N) is 1. The van der Waals surface area contributed by atoms with E-state index in [-0.39, 0.29) is 23.7 Å².